The van der Waals surface area contributed by atoms with E-state index in [1.165, 1.54) is 25.7 Å². The molecular weight excluding hydrogens is 260 g/mol. The molecule has 0 aromatic carbocycles. The molecule has 1 aromatic heterocycles. The van der Waals surface area contributed by atoms with Crippen molar-refractivity contribution in [3.63, 3.8) is 0 Å². The highest BCUT2D eigenvalue weighted by molar-refractivity contribution is 7.11. The molecule has 0 unspecified atom stereocenters. The number of carboxylic acid groups (broad SMARTS) is 1. The lowest BCUT2D eigenvalue weighted by molar-refractivity contribution is 0.0688. The summed E-state index contributed by atoms with van der Waals surface area (Å²) in [5, 5.41) is 10.2. The first-order chi connectivity index (χ1) is 9.20. The van der Waals surface area contributed by atoms with Gasteiger partial charge in [-0.25, -0.2) is 9.78 Å². The van der Waals surface area contributed by atoms with Crippen molar-refractivity contribution in [2.24, 2.45) is 0 Å². The molecule has 1 saturated heterocycles. The van der Waals surface area contributed by atoms with E-state index in [4.69, 9.17) is 0 Å². The smallest absolute Gasteiger partial charge is 0.355 e. The van der Waals surface area contributed by atoms with Crippen molar-refractivity contribution in [1.82, 2.24) is 9.88 Å². The van der Waals surface area contributed by atoms with Gasteiger partial charge in [0.2, 0.25) is 0 Å². The number of thiazole rings is 1. The van der Waals surface area contributed by atoms with Gasteiger partial charge in [0, 0.05) is 6.54 Å². The Morgan fingerprint density at radius 3 is 2.58 bits per heavy atom. The number of hydrogen-bond acceptors (Lipinski definition) is 4. The van der Waals surface area contributed by atoms with Crippen LogP contribution in [0, 0.1) is 0 Å². The topological polar surface area (TPSA) is 53.4 Å². The Hall–Kier alpha value is -0.940. The number of carboxylic acids is 1. The van der Waals surface area contributed by atoms with Crippen LogP contribution in [0.25, 0.3) is 0 Å². The van der Waals surface area contributed by atoms with Crippen LogP contribution in [0.5, 0.6) is 0 Å². The summed E-state index contributed by atoms with van der Waals surface area (Å²) in [4.78, 5) is 18.9. The molecule has 4 nitrogen and oxygen atoms in total. The van der Waals surface area contributed by atoms with Crippen molar-refractivity contribution in [2.75, 3.05) is 13.1 Å². The summed E-state index contributed by atoms with van der Waals surface area (Å²) < 4.78 is 0. The van der Waals surface area contributed by atoms with Crippen LogP contribution < -0.4 is 0 Å². The van der Waals surface area contributed by atoms with Gasteiger partial charge in [0.15, 0.2) is 5.69 Å². The van der Waals surface area contributed by atoms with Gasteiger partial charge in [0.1, 0.15) is 0 Å². The van der Waals surface area contributed by atoms with Crippen LogP contribution in [0.3, 0.4) is 0 Å². The summed E-state index contributed by atoms with van der Waals surface area (Å²) in [6, 6.07) is 0. The Kier molecular flexibility index (Phi) is 5.34. The second-order valence-electron chi connectivity index (χ2n) is 5.12. The van der Waals surface area contributed by atoms with E-state index in [0.717, 1.165) is 42.4 Å². The minimum Gasteiger partial charge on any atom is -0.476 e. The third-order valence-electron chi connectivity index (χ3n) is 3.47. The van der Waals surface area contributed by atoms with Crippen LogP contribution in [-0.2, 0) is 13.0 Å². The summed E-state index contributed by atoms with van der Waals surface area (Å²) in [6.07, 6.45) is 6.94. The van der Waals surface area contributed by atoms with Crippen molar-refractivity contribution < 1.29 is 9.90 Å². The monoisotopic (exact) mass is 282 g/mol. The molecule has 1 fully saturated rings. The average Bonchev–Trinajstić information content (AvgIpc) is 2.59. The standard InChI is InChI=1S/C14H22N2O2S/c1-2-7-12-15-13(14(17)18)11(19-12)10-16-8-5-3-4-6-9-16/h2-10H2,1H3,(H,17,18). The molecule has 0 spiro atoms. The molecule has 0 saturated carbocycles. The zero-order valence-electron chi connectivity index (χ0n) is 11.5. The molecule has 0 aliphatic carbocycles. The lowest BCUT2D eigenvalue weighted by atomic mass is 10.2. The second-order valence-corrected chi connectivity index (χ2v) is 6.29. The lowest BCUT2D eigenvalue weighted by Crippen LogP contribution is -2.24. The number of nitrogens with zero attached hydrogens (tertiary/aromatic N) is 2. The normalized spacial score (nSPS) is 17.3. The average molecular weight is 282 g/mol. The Balaban J connectivity index is 2.10. The molecule has 106 valence electrons. The Labute approximate surface area is 118 Å². The number of rotatable bonds is 5. The van der Waals surface area contributed by atoms with Gasteiger partial charge in [-0.05, 0) is 38.8 Å². The highest BCUT2D eigenvalue weighted by Gasteiger charge is 2.19. The van der Waals surface area contributed by atoms with Crippen LogP contribution in [-0.4, -0.2) is 34.0 Å². The summed E-state index contributed by atoms with van der Waals surface area (Å²) in [5.74, 6) is -0.886. The number of aromatic carboxylic acids is 1. The van der Waals surface area contributed by atoms with Crippen LogP contribution in [0.2, 0.25) is 0 Å². The fraction of sp³-hybridized carbons (Fsp3) is 0.714. The number of aryl methyl sites for hydroxylation is 1. The first-order valence-electron chi connectivity index (χ1n) is 7.15. The van der Waals surface area contributed by atoms with Gasteiger partial charge in [0.25, 0.3) is 0 Å². The van der Waals surface area contributed by atoms with E-state index in [1.807, 2.05) is 0 Å². The van der Waals surface area contributed by atoms with Crippen molar-refractivity contribution in [3.8, 4) is 0 Å². The van der Waals surface area contributed by atoms with Crippen LogP contribution >= 0.6 is 11.3 Å². The van der Waals surface area contributed by atoms with Crippen molar-refractivity contribution >= 4 is 17.3 Å². The molecule has 0 bridgehead atoms. The molecule has 1 N–H and O–H groups in total. The van der Waals surface area contributed by atoms with E-state index < -0.39 is 5.97 Å². The highest BCUT2D eigenvalue weighted by Crippen LogP contribution is 2.23. The maximum Gasteiger partial charge on any atom is 0.355 e. The number of likely N-dealkylation sites (tertiary alicyclic amines) is 1. The quantitative estimate of drug-likeness (QED) is 0.901. The zero-order valence-corrected chi connectivity index (χ0v) is 12.3. The molecule has 1 aromatic rings. The molecule has 0 atom stereocenters. The van der Waals surface area contributed by atoms with E-state index in [0.29, 0.717) is 0 Å². The Morgan fingerprint density at radius 2 is 2.00 bits per heavy atom. The van der Waals surface area contributed by atoms with Crippen molar-refractivity contribution in [2.45, 2.75) is 52.0 Å². The van der Waals surface area contributed by atoms with E-state index in [1.54, 1.807) is 11.3 Å². The second kappa shape index (κ2) is 7.01. The fourth-order valence-electron chi connectivity index (χ4n) is 2.49. The van der Waals surface area contributed by atoms with Crippen LogP contribution in [0.15, 0.2) is 0 Å². The van der Waals surface area contributed by atoms with Crippen molar-refractivity contribution in [3.05, 3.63) is 15.6 Å². The molecule has 0 radical (unpaired) electrons. The van der Waals surface area contributed by atoms with Gasteiger partial charge < -0.3 is 5.11 Å². The van der Waals surface area contributed by atoms with Gasteiger partial charge in [-0.15, -0.1) is 11.3 Å². The summed E-state index contributed by atoms with van der Waals surface area (Å²) in [5.41, 5.74) is 0.276. The lowest BCUT2D eigenvalue weighted by Gasteiger charge is -2.18. The molecular formula is C14H22N2O2S. The van der Waals surface area contributed by atoms with Crippen LogP contribution in [0.1, 0.15) is 59.4 Å². The van der Waals surface area contributed by atoms with Gasteiger partial charge >= 0.3 is 5.97 Å². The van der Waals surface area contributed by atoms with Gasteiger partial charge in [0.05, 0.1) is 9.88 Å². The van der Waals surface area contributed by atoms with Gasteiger partial charge in [-0.2, -0.15) is 0 Å². The first kappa shape index (κ1) is 14.5. The largest absolute Gasteiger partial charge is 0.476 e. The minimum absolute atomic E-state index is 0.276. The predicted molar refractivity (Wildman–Crippen MR) is 76.8 cm³/mol. The van der Waals surface area contributed by atoms with Crippen molar-refractivity contribution in [1.29, 1.82) is 0 Å². The summed E-state index contributed by atoms with van der Waals surface area (Å²) in [7, 11) is 0. The van der Waals surface area contributed by atoms with E-state index >= 15 is 0 Å². The van der Waals surface area contributed by atoms with Gasteiger partial charge in [-0.3, -0.25) is 4.90 Å². The SMILES string of the molecule is CCCc1nc(C(=O)O)c(CN2CCCCCC2)s1. The maximum absolute atomic E-state index is 11.3. The molecule has 5 heteroatoms. The van der Waals surface area contributed by atoms with Crippen LogP contribution in [0.4, 0.5) is 0 Å². The highest BCUT2D eigenvalue weighted by atomic mass is 32.1. The first-order valence-corrected chi connectivity index (χ1v) is 7.96. The fourth-order valence-corrected chi connectivity index (χ4v) is 3.70. The molecule has 1 aliphatic rings. The number of aromatic nitrogens is 1. The third-order valence-corrected chi connectivity index (χ3v) is 4.57. The van der Waals surface area contributed by atoms with E-state index in [9.17, 15) is 9.90 Å². The molecule has 0 amide bonds. The van der Waals surface area contributed by atoms with Gasteiger partial charge in [-0.1, -0.05) is 19.8 Å². The summed E-state index contributed by atoms with van der Waals surface area (Å²) >= 11 is 1.58. The zero-order chi connectivity index (χ0) is 13.7. The molecule has 19 heavy (non-hydrogen) atoms. The Morgan fingerprint density at radius 1 is 1.32 bits per heavy atom. The molecule has 2 rings (SSSR count). The van der Waals surface area contributed by atoms with E-state index in [-0.39, 0.29) is 5.69 Å². The molecule has 2 heterocycles. The third kappa shape index (κ3) is 4.01. The predicted octanol–water partition coefficient (Wildman–Crippen LogP) is 3.17. The number of hydrogen-bond donors (Lipinski definition) is 1. The number of carbonyl (C=O) groups is 1. The Bertz CT molecular complexity index is 423. The van der Waals surface area contributed by atoms with E-state index in [2.05, 4.69) is 16.8 Å². The maximum atomic E-state index is 11.3. The summed E-state index contributed by atoms with van der Waals surface area (Å²) in [6.45, 7) is 5.01. The molecule has 1 aliphatic heterocycles. The minimum atomic E-state index is -0.886.